The number of hydrogen-bond donors (Lipinski definition) is 2. The van der Waals surface area contributed by atoms with Gasteiger partial charge in [-0.2, -0.15) is 5.26 Å². The summed E-state index contributed by atoms with van der Waals surface area (Å²) in [5, 5.41) is 13.3. The van der Waals surface area contributed by atoms with Gasteiger partial charge in [0, 0.05) is 64.2 Å². The van der Waals surface area contributed by atoms with E-state index in [1.165, 1.54) is 13.3 Å². The Labute approximate surface area is 267 Å². The molecule has 2 aliphatic rings. The molecule has 10 nitrogen and oxygen atoms in total. The molecule has 2 atom stereocenters. The van der Waals surface area contributed by atoms with Crippen molar-refractivity contribution in [1.82, 2.24) is 10.2 Å². The number of aliphatic imine (C=N–C) groups is 1. The minimum Gasteiger partial charge on any atom is -0.446 e. The van der Waals surface area contributed by atoms with Gasteiger partial charge in [0.05, 0.1) is 16.4 Å². The van der Waals surface area contributed by atoms with Crippen LogP contribution >= 0.6 is 0 Å². The number of nitrogens with two attached hydrogens (primary N) is 1. The fraction of sp³-hybridized carbons (Fsp3) is 0.500. The third kappa shape index (κ3) is 7.86. The summed E-state index contributed by atoms with van der Waals surface area (Å²) in [7, 11) is -0.648. The molecule has 0 radical (unpaired) electrons. The molecular formula is C34H46N6O4S. The molecule has 3 N–H and O–H groups in total. The van der Waals surface area contributed by atoms with Gasteiger partial charge in [-0.15, -0.1) is 0 Å². The largest absolute Gasteiger partial charge is 0.446 e. The molecule has 1 unspecified atom stereocenters. The Balaban J connectivity index is 1.36. The van der Waals surface area contributed by atoms with E-state index in [0.717, 1.165) is 69.4 Å². The van der Waals surface area contributed by atoms with Crippen molar-refractivity contribution in [1.29, 1.82) is 5.26 Å². The Hall–Kier alpha value is -3.88. The van der Waals surface area contributed by atoms with Gasteiger partial charge in [-0.25, -0.2) is 13.2 Å². The SMILES string of the molecule is CCC[C@H](CC(C#N)(c1ccccc1)C1CCN(CC2CN(c3ccc(S(=O)(=O)C(C=NC)=CN)cc3)C2)CC1)OC(=O)NC. The van der Waals surface area contributed by atoms with Gasteiger partial charge in [0.15, 0.2) is 0 Å². The van der Waals surface area contributed by atoms with Crippen molar-refractivity contribution in [3.63, 3.8) is 0 Å². The number of likely N-dealkylation sites (tertiary alicyclic amines) is 1. The smallest absolute Gasteiger partial charge is 0.407 e. The average Bonchev–Trinajstić information content (AvgIpc) is 3.04. The lowest BCUT2D eigenvalue weighted by Crippen LogP contribution is -2.53. The van der Waals surface area contributed by atoms with Crippen molar-refractivity contribution in [2.24, 2.45) is 22.6 Å². The predicted molar refractivity (Wildman–Crippen MR) is 178 cm³/mol. The second-order valence-corrected chi connectivity index (χ2v) is 14.0. The summed E-state index contributed by atoms with van der Waals surface area (Å²) in [6.07, 6.45) is 5.35. The van der Waals surface area contributed by atoms with Gasteiger partial charge in [0.2, 0.25) is 9.84 Å². The van der Waals surface area contributed by atoms with Gasteiger partial charge >= 0.3 is 6.09 Å². The van der Waals surface area contributed by atoms with E-state index in [1.54, 1.807) is 19.2 Å². The highest BCUT2D eigenvalue weighted by Gasteiger charge is 2.45. The summed E-state index contributed by atoms with van der Waals surface area (Å²) in [6, 6.07) is 19.7. The number of allylic oxidation sites excluding steroid dienone is 1. The second kappa shape index (κ2) is 15.4. The zero-order chi connectivity index (χ0) is 32.5. The number of nitrogens with one attached hydrogen (secondary N) is 1. The van der Waals surface area contributed by atoms with Crippen LogP contribution in [0.1, 0.15) is 44.6 Å². The van der Waals surface area contributed by atoms with Crippen LogP contribution in [-0.2, 0) is 20.0 Å². The van der Waals surface area contributed by atoms with Gasteiger partial charge in [-0.05, 0) is 68.1 Å². The first kappa shape index (κ1) is 34.0. The van der Waals surface area contributed by atoms with Crippen LogP contribution in [0.15, 0.2) is 75.6 Å². The fourth-order valence-electron chi connectivity index (χ4n) is 6.72. The Bertz CT molecular complexity index is 1470. The molecule has 45 heavy (non-hydrogen) atoms. The zero-order valence-electron chi connectivity index (χ0n) is 26.6. The summed E-state index contributed by atoms with van der Waals surface area (Å²) < 4.78 is 31.4. The average molecular weight is 635 g/mol. The molecule has 2 heterocycles. The molecule has 0 saturated carbocycles. The van der Waals surface area contributed by atoms with Crippen LogP contribution in [0.4, 0.5) is 10.5 Å². The lowest BCUT2D eigenvalue weighted by molar-refractivity contribution is 0.0578. The van der Waals surface area contributed by atoms with E-state index in [1.807, 2.05) is 42.5 Å². The lowest BCUT2D eigenvalue weighted by Gasteiger charge is -2.46. The van der Waals surface area contributed by atoms with Gasteiger partial charge in [0.1, 0.15) is 11.0 Å². The van der Waals surface area contributed by atoms with Gasteiger partial charge in [0.25, 0.3) is 0 Å². The number of piperidine rings is 1. The number of nitriles is 1. The first-order chi connectivity index (χ1) is 21.7. The van der Waals surface area contributed by atoms with Gasteiger partial charge in [-0.3, -0.25) is 4.99 Å². The Morgan fingerprint density at radius 1 is 1.18 bits per heavy atom. The van der Waals surface area contributed by atoms with E-state index in [0.29, 0.717) is 18.8 Å². The third-order valence-corrected chi connectivity index (χ3v) is 10.9. The summed E-state index contributed by atoms with van der Waals surface area (Å²) in [6.45, 7) is 6.69. The first-order valence-corrected chi connectivity index (χ1v) is 17.2. The zero-order valence-corrected chi connectivity index (χ0v) is 27.4. The van der Waals surface area contributed by atoms with Crippen molar-refractivity contribution >= 4 is 27.8 Å². The van der Waals surface area contributed by atoms with E-state index < -0.39 is 21.3 Å². The summed E-state index contributed by atoms with van der Waals surface area (Å²) in [5.41, 5.74) is 6.77. The molecule has 0 bridgehead atoms. The highest BCUT2D eigenvalue weighted by Crippen LogP contribution is 2.43. The Morgan fingerprint density at radius 3 is 2.40 bits per heavy atom. The predicted octanol–water partition coefficient (Wildman–Crippen LogP) is 4.49. The second-order valence-electron chi connectivity index (χ2n) is 12.0. The molecule has 1 amide bonds. The number of rotatable bonds is 13. The number of nitrogens with zero attached hydrogens (tertiary/aromatic N) is 4. The number of ether oxygens (including phenoxy) is 1. The van der Waals surface area contributed by atoms with Crippen LogP contribution < -0.4 is 16.0 Å². The van der Waals surface area contributed by atoms with Crippen LogP contribution in [0.3, 0.4) is 0 Å². The van der Waals surface area contributed by atoms with Crippen LogP contribution in [0, 0.1) is 23.2 Å². The maximum Gasteiger partial charge on any atom is 0.407 e. The third-order valence-electron chi connectivity index (χ3n) is 9.13. The van der Waals surface area contributed by atoms with E-state index in [9.17, 15) is 18.5 Å². The van der Waals surface area contributed by atoms with E-state index in [-0.39, 0.29) is 21.8 Å². The standard InChI is InChI=1S/C34H46N6O4S/c1-4-8-30(44-33(41)38-3)19-34(25-36,27-9-6-5-7-10-27)28-15-17-39(18-16-28)22-26-23-40(24-26)29-11-13-31(14-12-29)45(42,43)32(20-35)21-37-2/h5-7,9-14,20-21,26,28,30H,4,8,15-19,22-24,35H2,1-3H3,(H,38,41)/t30-,34?/m1/s1. The van der Waals surface area contributed by atoms with Gasteiger partial charge in [-0.1, -0.05) is 43.7 Å². The van der Waals surface area contributed by atoms with Crippen molar-refractivity contribution in [3.8, 4) is 6.07 Å². The van der Waals surface area contributed by atoms with Gasteiger partial charge < -0.3 is 25.6 Å². The van der Waals surface area contributed by atoms with Crippen LogP contribution in [0.2, 0.25) is 0 Å². The molecule has 0 spiro atoms. The van der Waals surface area contributed by atoms with Crippen LogP contribution in [0.5, 0.6) is 0 Å². The van der Waals surface area contributed by atoms with E-state index in [4.69, 9.17) is 10.5 Å². The Morgan fingerprint density at radius 2 is 1.84 bits per heavy atom. The summed E-state index contributed by atoms with van der Waals surface area (Å²) >= 11 is 0. The van der Waals surface area contributed by atoms with E-state index in [2.05, 4.69) is 33.1 Å². The van der Waals surface area contributed by atoms with Crippen molar-refractivity contribution in [3.05, 3.63) is 71.3 Å². The van der Waals surface area contributed by atoms with Crippen molar-refractivity contribution in [2.45, 2.75) is 55.4 Å². The topological polar surface area (TPSA) is 141 Å². The maximum atomic E-state index is 12.8. The number of alkyl carbamates (subject to hydrolysis) is 1. The molecule has 2 saturated heterocycles. The molecule has 2 aromatic rings. The number of carbonyl (C=O) groups is 1. The first-order valence-electron chi connectivity index (χ1n) is 15.7. The number of benzene rings is 2. The lowest BCUT2D eigenvalue weighted by atomic mass is 9.64. The maximum absolute atomic E-state index is 12.8. The molecule has 242 valence electrons. The number of sulfone groups is 1. The molecule has 2 fully saturated rings. The quantitative estimate of drug-likeness (QED) is 0.307. The van der Waals surface area contributed by atoms with E-state index >= 15 is 0 Å². The normalized spacial score (nSPS) is 19.0. The molecule has 0 aromatic heterocycles. The highest BCUT2D eigenvalue weighted by atomic mass is 32.2. The molecule has 0 aliphatic carbocycles. The number of hydrogen-bond acceptors (Lipinski definition) is 9. The number of anilines is 1. The monoisotopic (exact) mass is 634 g/mol. The van der Waals surface area contributed by atoms with Crippen LogP contribution in [0.25, 0.3) is 0 Å². The van der Waals surface area contributed by atoms with Crippen molar-refractivity contribution in [2.75, 3.05) is 51.7 Å². The minimum absolute atomic E-state index is 0.0284. The summed E-state index contributed by atoms with van der Waals surface area (Å²) in [5.74, 6) is 0.668. The molecule has 2 aromatic carbocycles. The minimum atomic E-state index is -3.71. The molecule has 2 aliphatic heterocycles. The Kier molecular flexibility index (Phi) is 11.6. The number of amides is 1. The molecular weight excluding hydrogens is 588 g/mol. The molecule has 4 rings (SSSR count). The highest BCUT2D eigenvalue weighted by molar-refractivity contribution is 7.96. The van der Waals surface area contributed by atoms with Crippen molar-refractivity contribution < 1.29 is 17.9 Å². The fourth-order valence-corrected chi connectivity index (χ4v) is 7.91. The molecule has 11 heteroatoms. The number of carbonyl (C=O) groups excluding carboxylic acids is 1. The van der Waals surface area contributed by atoms with Crippen LogP contribution in [-0.4, -0.2) is 78.5 Å². The summed E-state index contributed by atoms with van der Waals surface area (Å²) in [4.78, 5) is 20.8.